The van der Waals surface area contributed by atoms with E-state index < -0.39 is 0 Å². The lowest BCUT2D eigenvalue weighted by atomic mass is 10.2. The van der Waals surface area contributed by atoms with E-state index in [1.807, 2.05) is 11.0 Å². The van der Waals surface area contributed by atoms with Crippen LogP contribution in [0.25, 0.3) is 0 Å². The van der Waals surface area contributed by atoms with Crippen LogP contribution in [-0.4, -0.2) is 17.4 Å². The average molecular weight is 326 g/mol. The minimum Gasteiger partial charge on any atom is -0.444 e. The number of thiophene rings is 1. The molecule has 3 nitrogen and oxygen atoms in total. The molecule has 1 atom stereocenters. The van der Waals surface area contributed by atoms with Crippen LogP contribution >= 0.6 is 27.3 Å². The predicted molar refractivity (Wildman–Crippen MR) is 73.7 cm³/mol. The quantitative estimate of drug-likeness (QED) is 0.833. The molecule has 0 unspecified atom stereocenters. The van der Waals surface area contributed by atoms with Crippen LogP contribution < -0.4 is 0 Å². The van der Waals surface area contributed by atoms with Gasteiger partial charge in [-0.25, -0.2) is 0 Å². The Balaban J connectivity index is 1.85. The standard InChI is InChI=1S/C13H12BrNO2S/c14-12-6-5-10(17-12)13(16)15-7-1-3-9(15)11-4-2-8-18-11/h2,4-6,8-9H,1,3,7H2/t9-/m0/s1. The molecule has 0 radical (unpaired) electrons. The molecule has 18 heavy (non-hydrogen) atoms. The first-order valence-electron chi connectivity index (χ1n) is 5.85. The van der Waals surface area contributed by atoms with Gasteiger partial charge in [0, 0.05) is 11.4 Å². The number of likely N-dealkylation sites (tertiary alicyclic amines) is 1. The summed E-state index contributed by atoms with van der Waals surface area (Å²) in [6.07, 6.45) is 2.09. The van der Waals surface area contributed by atoms with Crippen LogP contribution in [0.1, 0.15) is 34.3 Å². The molecule has 3 heterocycles. The topological polar surface area (TPSA) is 33.5 Å². The van der Waals surface area contributed by atoms with E-state index >= 15 is 0 Å². The van der Waals surface area contributed by atoms with Crippen LogP contribution in [0.2, 0.25) is 0 Å². The highest BCUT2D eigenvalue weighted by Gasteiger charge is 2.32. The number of rotatable bonds is 2. The average Bonchev–Trinajstić information content (AvgIpc) is 3.08. The summed E-state index contributed by atoms with van der Waals surface area (Å²) in [7, 11) is 0. The molecule has 1 amide bonds. The molecule has 1 fully saturated rings. The van der Waals surface area contributed by atoms with Gasteiger partial charge < -0.3 is 9.32 Å². The molecule has 0 aliphatic carbocycles. The van der Waals surface area contributed by atoms with Crippen molar-refractivity contribution in [2.75, 3.05) is 6.54 Å². The molecule has 1 aliphatic heterocycles. The summed E-state index contributed by atoms with van der Waals surface area (Å²) in [5, 5.41) is 2.06. The van der Waals surface area contributed by atoms with Gasteiger partial charge in [-0.2, -0.15) is 0 Å². The third-order valence-corrected chi connectivity index (χ3v) is 4.57. The van der Waals surface area contributed by atoms with Gasteiger partial charge in [-0.3, -0.25) is 4.79 Å². The van der Waals surface area contributed by atoms with Crippen LogP contribution in [0.4, 0.5) is 0 Å². The van der Waals surface area contributed by atoms with Gasteiger partial charge in [0.15, 0.2) is 10.4 Å². The largest absolute Gasteiger partial charge is 0.444 e. The van der Waals surface area contributed by atoms with Crippen molar-refractivity contribution in [3.63, 3.8) is 0 Å². The molecule has 3 rings (SSSR count). The van der Waals surface area contributed by atoms with Gasteiger partial charge in [0.1, 0.15) is 0 Å². The van der Waals surface area contributed by atoms with Gasteiger partial charge in [0.05, 0.1) is 6.04 Å². The fourth-order valence-corrected chi connectivity index (χ4v) is 3.54. The molecule has 5 heteroatoms. The Bertz CT molecular complexity index is 549. The summed E-state index contributed by atoms with van der Waals surface area (Å²) in [4.78, 5) is 15.6. The second-order valence-electron chi connectivity index (χ2n) is 4.28. The highest BCUT2D eigenvalue weighted by molar-refractivity contribution is 9.10. The monoisotopic (exact) mass is 325 g/mol. The fourth-order valence-electron chi connectivity index (χ4n) is 2.36. The van der Waals surface area contributed by atoms with Gasteiger partial charge >= 0.3 is 0 Å². The Morgan fingerprint density at radius 2 is 2.33 bits per heavy atom. The molecule has 0 bridgehead atoms. The summed E-state index contributed by atoms with van der Waals surface area (Å²) in [6.45, 7) is 0.805. The third kappa shape index (κ3) is 2.12. The second kappa shape index (κ2) is 4.90. The lowest BCUT2D eigenvalue weighted by Crippen LogP contribution is -2.29. The SMILES string of the molecule is O=C(c1ccc(Br)o1)N1CCC[C@H]1c1cccs1. The van der Waals surface area contributed by atoms with E-state index in [-0.39, 0.29) is 11.9 Å². The van der Waals surface area contributed by atoms with E-state index in [9.17, 15) is 4.79 Å². The molecular formula is C13H12BrNO2S. The Kier molecular flexibility index (Phi) is 3.26. The summed E-state index contributed by atoms with van der Waals surface area (Å²) in [5.74, 6) is 0.391. The molecule has 0 aromatic carbocycles. The highest BCUT2D eigenvalue weighted by atomic mass is 79.9. The lowest BCUT2D eigenvalue weighted by molar-refractivity contribution is 0.0704. The maximum Gasteiger partial charge on any atom is 0.290 e. The molecular weight excluding hydrogens is 314 g/mol. The van der Waals surface area contributed by atoms with Gasteiger partial charge in [-0.15, -0.1) is 11.3 Å². The highest BCUT2D eigenvalue weighted by Crippen LogP contribution is 2.35. The molecule has 94 valence electrons. The van der Waals surface area contributed by atoms with E-state index in [0.717, 1.165) is 19.4 Å². The number of amides is 1. The van der Waals surface area contributed by atoms with Crippen molar-refractivity contribution in [1.29, 1.82) is 0 Å². The smallest absolute Gasteiger partial charge is 0.290 e. The molecule has 0 N–H and O–H groups in total. The number of furan rings is 1. The van der Waals surface area contributed by atoms with Crippen molar-refractivity contribution in [2.45, 2.75) is 18.9 Å². The van der Waals surface area contributed by atoms with Crippen molar-refractivity contribution in [2.24, 2.45) is 0 Å². The summed E-state index contributed by atoms with van der Waals surface area (Å²) in [6, 6.07) is 7.81. The predicted octanol–water partition coefficient (Wildman–Crippen LogP) is 4.08. The van der Waals surface area contributed by atoms with Crippen LogP contribution in [0.5, 0.6) is 0 Å². The first kappa shape index (κ1) is 12.0. The fraction of sp³-hybridized carbons (Fsp3) is 0.308. The summed E-state index contributed by atoms with van der Waals surface area (Å²) in [5.41, 5.74) is 0. The number of carbonyl (C=O) groups excluding carboxylic acids is 1. The van der Waals surface area contributed by atoms with E-state index in [4.69, 9.17) is 4.42 Å². The Hall–Kier alpha value is -1.07. The van der Waals surface area contributed by atoms with Crippen LogP contribution in [-0.2, 0) is 0 Å². The van der Waals surface area contributed by atoms with E-state index in [0.29, 0.717) is 10.4 Å². The number of hydrogen-bond acceptors (Lipinski definition) is 3. The first-order valence-corrected chi connectivity index (χ1v) is 7.52. The van der Waals surface area contributed by atoms with Crippen molar-refractivity contribution in [3.8, 4) is 0 Å². The number of carbonyl (C=O) groups is 1. The minimum absolute atomic E-state index is 0.0170. The molecule has 2 aromatic heterocycles. The zero-order chi connectivity index (χ0) is 12.5. The third-order valence-electron chi connectivity index (χ3n) is 3.17. The van der Waals surface area contributed by atoms with Gasteiger partial charge in [-0.05, 0) is 52.4 Å². The van der Waals surface area contributed by atoms with Gasteiger partial charge in [0.2, 0.25) is 0 Å². The molecule has 2 aromatic rings. The maximum atomic E-state index is 12.4. The molecule has 1 aliphatic rings. The van der Waals surface area contributed by atoms with Gasteiger partial charge in [-0.1, -0.05) is 6.07 Å². The molecule has 0 saturated carbocycles. The van der Waals surface area contributed by atoms with E-state index in [1.165, 1.54) is 4.88 Å². The minimum atomic E-state index is -0.0170. The normalized spacial score (nSPS) is 19.4. The molecule has 0 spiro atoms. The summed E-state index contributed by atoms with van der Waals surface area (Å²) < 4.78 is 5.95. The van der Waals surface area contributed by atoms with E-state index in [1.54, 1.807) is 23.5 Å². The zero-order valence-corrected chi connectivity index (χ0v) is 12.0. The van der Waals surface area contributed by atoms with E-state index in [2.05, 4.69) is 27.4 Å². The van der Waals surface area contributed by atoms with Crippen molar-refractivity contribution >= 4 is 33.2 Å². The van der Waals surface area contributed by atoms with Crippen molar-refractivity contribution in [3.05, 3.63) is 45.0 Å². The Labute approximate surface area is 118 Å². The molecule has 1 saturated heterocycles. The Morgan fingerprint density at radius 1 is 1.44 bits per heavy atom. The second-order valence-corrected chi connectivity index (χ2v) is 6.04. The van der Waals surface area contributed by atoms with Gasteiger partial charge in [0.25, 0.3) is 5.91 Å². The van der Waals surface area contributed by atoms with Crippen molar-refractivity contribution in [1.82, 2.24) is 4.90 Å². The van der Waals surface area contributed by atoms with Crippen molar-refractivity contribution < 1.29 is 9.21 Å². The number of hydrogen-bond donors (Lipinski definition) is 0. The number of nitrogens with zero attached hydrogens (tertiary/aromatic N) is 1. The van der Waals surface area contributed by atoms with Crippen LogP contribution in [0.3, 0.4) is 0 Å². The zero-order valence-electron chi connectivity index (χ0n) is 9.64. The number of halogens is 1. The summed E-state index contributed by atoms with van der Waals surface area (Å²) >= 11 is 4.94. The lowest BCUT2D eigenvalue weighted by Gasteiger charge is -2.22. The van der Waals surface area contributed by atoms with Crippen LogP contribution in [0, 0.1) is 0 Å². The first-order chi connectivity index (χ1) is 8.75. The Morgan fingerprint density at radius 3 is 3.00 bits per heavy atom. The maximum absolute atomic E-state index is 12.4. The van der Waals surface area contributed by atoms with Crippen LogP contribution in [0.15, 0.2) is 38.7 Å².